The molecule has 0 saturated heterocycles. The van der Waals surface area contributed by atoms with Crippen molar-refractivity contribution in [3.63, 3.8) is 0 Å². The molecule has 0 unspecified atom stereocenters. The number of aryl methyl sites for hydroxylation is 1. The standard InChI is InChI=1S/C11H16N4/c1-11(2,12)5-3-9-7-13-10-4-6-14-15(10)8-9/h4,6-8H,3,5,12H2,1-2H3. The third-order valence-corrected chi connectivity index (χ3v) is 2.36. The Bertz CT molecular complexity index is 453. The minimum atomic E-state index is -0.126. The molecule has 2 heterocycles. The van der Waals surface area contributed by atoms with Crippen LogP contribution in [-0.2, 0) is 6.42 Å². The van der Waals surface area contributed by atoms with Gasteiger partial charge in [-0.1, -0.05) is 0 Å². The summed E-state index contributed by atoms with van der Waals surface area (Å²) in [5.41, 5.74) is 7.86. The molecule has 0 aromatic carbocycles. The monoisotopic (exact) mass is 204 g/mol. The fraction of sp³-hybridized carbons (Fsp3) is 0.455. The molecule has 80 valence electrons. The molecule has 4 heteroatoms. The average molecular weight is 204 g/mol. The third-order valence-electron chi connectivity index (χ3n) is 2.36. The lowest BCUT2D eigenvalue weighted by atomic mass is 9.98. The van der Waals surface area contributed by atoms with Gasteiger partial charge in [0.15, 0.2) is 5.65 Å². The molecule has 0 bridgehead atoms. The van der Waals surface area contributed by atoms with Gasteiger partial charge in [-0.3, -0.25) is 0 Å². The van der Waals surface area contributed by atoms with E-state index in [1.165, 1.54) is 5.56 Å². The maximum Gasteiger partial charge on any atom is 0.154 e. The predicted octanol–water partition coefficient (Wildman–Crippen LogP) is 1.40. The van der Waals surface area contributed by atoms with Crippen LogP contribution in [0.15, 0.2) is 24.7 Å². The van der Waals surface area contributed by atoms with Crippen LogP contribution in [-0.4, -0.2) is 20.1 Å². The summed E-state index contributed by atoms with van der Waals surface area (Å²) in [6.07, 6.45) is 7.53. The van der Waals surface area contributed by atoms with E-state index in [1.807, 2.05) is 32.3 Å². The van der Waals surface area contributed by atoms with Crippen molar-refractivity contribution in [1.29, 1.82) is 0 Å². The number of nitrogens with zero attached hydrogens (tertiary/aromatic N) is 3. The van der Waals surface area contributed by atoms with E-state index in [9.17, 15) is 0 Å². The second-order valence-corrected chi connectivity index (χ2v) is 4.58. The average Bonchev–Trinajstić information content (AvgIpc) is 2.60. The zero-order chi connectivity index (χ0) is 10.9. The molecular formula is C11H16N4. The van der Waals surface area contributed by atoms with Crippen LogP contribution < -0.4 is 5.73 Å². The van der Waals surface area contributed by atoms with Crippen molar-refractivity contribution in [2.75, 3.05) is 0 Å². The first-order chi connectivity index (χ1) is 7.04. The molecule has 0 atom stereocenters. The van der Waals surface area contributed by atoms with E-state index in [2.05, 4.69) is 10.1 Å². The van der Waals surface area contributed by atoms with Gasteiger partial charge in [0.2, 0.25) is 0 Å². The Morgan fingerprint density at radius 3 is 3.00 bits per heavy atom. The molecule has 2 aromatic heterocycles. The van der Waals surface area contributed by atoms with E-state index in [-0.39, 0.29) is 5.54 Å². The van der Waals surface area contributed by atoms with Crippen LogP contribution in [0.4, 0.5) is 0 Å². The fourth-order valence-corrected chi connectivity index (χ4v) is 1.44. The molecule has 0 aliphatic heterocycles. The highest BCUT2D eigenvalue weighted by molar-refractivity contribution is 5.35. The minimum Gasteiger partial charge on any atom is -0.326 e. The molecule has 4 nitrogen and oxygen atoms in total. The molecule has 15 heavy (non-hydrogen) atoms. The van der Waals surface area contributed by atoms with Crippen molar-refractivity contribution in [1.82, 2.24) is 14.6 Å². The topological polar surface area (TPSA) is 56.2 Å². The van der Waals surface area contributed by atoms with Crippen LogP contribution in [0.2, 0.25) is 0 Å². The van der Waals surface area contributed by atoms with E-state index in [1.54, 1.807) is 10.7 Å². The van der Waals surface area contributed by atoms with Crippen LogP contribution in [0.1, 0.15) is 25.8 Å². The number of hydrogen-bond acceptors (Lipinski definition) is 3. The SMILES string of the molecule is CC(C)(N)CCc1cnc2ccnn2c1. The molecule has 0 aliphatic rings. The Labute approximate surface area is 89.1 Å². The minimum absolute atomic E-state index is 0.126. The highest BCUT2D eigenvalue weighted by Gasteiger charge is 2.10. The van der Waals surface area contributed by atoms with Gasteiger partial charge >= 0.3 is 0 Å². The zero-order valence-corrected chi connectivity index (χ0v) is 9.14. The molecular weight excluding hydrogens is 188 g/mol. The normalized spacial score (nSPS) is 12.2. The van der Waals surface area contributed by atoms with Crippen LogP contribution in [0.5, 0.6) is 0 Å². The Balaban J connectivity index is 2.15. The maximum absolute atomic E-state index is 5.93. The summed E-state index contributed by atoms with van der Waals surface area (Å²) < 4.78 is 1.79. The summed E-state index contributed by atoms with van der Waals surface area (Å²) in [5, 5.41) is 4.15. The molecule has 2 rings (SSSR count). The lowest BCUT2D eigenvalue weighted by molar-refractivity contribution is 0.476. The Hall–Kier alpha value is -1.42. The first-order valence-corrected chi connectivity index (χ1v) is 5.12. The highest BCUT2D eigenvalue weighted by atomic mass is 15.2. The summed E-state index contributed by atoms with van der Waals surface area (Å²) in [4.78, 5) is 4.30. The highest BCUT2D eigenvalue weighted by Crippen LogP contribution is 2.10. The van der Waals surface area contributed by atoms with Gasteiger partial charge in [0.1, 0.15) is 0 Å². The Morgan fingerprint density at radius 2 is 2.27 bits per heavy atom. The molecule has 0 saturated carbocycles. The molecule has 0 aliphatic carbocycles. The van der Waals surface area contributed by atoms with Crippen molar-refractivity contribution in [2.45, 2.75) is 32.2 Å². The lowest BCUT2D eigenvalue weighted by Crippen LogP contribution is -2.32. The van der Waals surface area contributed by atoms with Gasteiger partial charge in [0.05, 0.1) is 6.20 Å². The second-order valence-electron chi connectivity index (χ2n) is 4.58. The third kappa shape index (κ3) is 2.53. The smallest absolute Gasteiger partial charge is 0.154 e. The Kier molecular flexibility index (Phi) is 2.44. The lowest BCUT2D eigenvalue weighted by Gasteiger charge is -2.17. The van der Waals surface area contributed by atoms with Crippen LogP contribution in [0, 0.1) is 0 Å². The quantitative estimate of drug-likeness (QED) is 0.822. The maximum atomic E-state index is 5.93. The van der Waals surface area contributed by atoms with E-state index in [4.69, 9.17) is 5.73 Å². The van der Waals surface area contributed by atoms with Crippen molar-refractivity contribution in [3.05, 3.63) is 30.2 Å². The van der Waals surface area contributed by atoms with Gasteiger partial charge in [0, 0.05) is 24.0 Å². The second kappa shape index (κ2) is 3.62. The van der Waals surface area contributed by atoms with Crippen LogP contribution in [0.3, 0.4) is 0 Å². The molecule has 0 radical (unpaired) electrons. The van der Waals surface area contributed by atoms with E-state index < -0.39 is 0 Å². The predicted molar refractivity (Wildman–Crippen MR) is 59.6 cm³/mol. The first kappa shape index (κ1) is 10.1. The van der Waals surface area contributed by atoms with E-state index in [0.717, 1.165) is 18.5 Å². The van der Waals surface area contributed by atoms with Gasteiger partial charge in [0.25, 0.3) is 0 Å². The van der Waals surface area contributed by atoms with Crippen molar-refractivity contribution < 1.29 is 0 Å². The summed E-state index contributed by atoms with van der Waals surface area (Å²) in [7, 11) is 0. The van der Waals surface area contributed by atoms with Crippen LogP contribution in [0.25, 0.3) is 5.65 Å². The molecule has 0 amide bonds. The van der Waals surface area contributed by atoms with Gasteiger partial charge in [-0.25, -0.2) is 9.50 Å². The van der Waals surface area contributed by atoms with E-state index >= 15 is 0 Å². The van der Waals surface area contributed by atoms with Gasteiger partial charge in [-0.05, 0) is 32.3 Å². The molecule has 2 N–H and O–H groups in total. The number of hydrogen-bond donors (Lipinski definition) is 1. The number of aromatic nitrogens is 3. The largest absolute Gasteiger partial charge is 0.326 e. The van der Waals surface area contributed by atoms with Crippen molar-refractivity contribution in [2.24, 2.45) is 5.73 Å². The zero-order valence-electron chi connectivity index (χ0n) is 9.14. The van der Waals surface area contributed by atoms with Crippen molar-refractivity contribution >= 4 is 5.65 Å². The summed E-state index contributed by atoms with van der Waals surface area (Å²) in [5.74, 6) is 0. The number of fused-ring (bicyclic) bond motifs is 1. The summed E-state index contributed by atoms with van der Waals surface area (Å²) in [6, 6.07) is 1.89. The Morgan fingerprint density at radius 1 is 1.47 bits per heavy atom. The number of nitrogens with two attached hydrogens (primary N) is 1. The summed E-state index contributed by atoms with van der Waals surface area (Å²) >= 11 is 0. The van der Waals surface area contributed by atoms with Crippen molar-refractivity contribution in [3.8, 4) is 0 Å². The van der Waals surface area contributed by atoms with Gasteiger partial charge in [-0.15, -0.1) is 0 Å². The van der Waals surface area contributed by atoms with Gasteiger partial charge in [-0.2, -0.15) is 5.10 Å². The summed E-state index contributed by atoms with van der Waals surface area (Å²) in [6.45, 7) is 4.07. The fourth-order valence-electron chi connectivity index (χ4n) is 1.44. The molecule has 2 aromatic rings. The van der Waals surface area contributed by atoms with Crippen LogP contribution >= 0.6 is 0 Å². The molecule has 0 fully saturated rings. The number of rotatable bonds is 3. The van der Waals surface area contributed by atoms with Gasteiger partial charge < -0.3 is 5.73 Å². The first-order valence-electron chi connectivity index (χ1n) is 5.12. The molecule has 0 spiro atoms. The van der Waals surface area contributed by atoms with E-state index in [0.29, 0.717) is 0 Å².